The summed E-state index contributed by atoms with van der Waals surface area (Å²) in [6.45, 7) is 31.9. The number of methoxy groups -OCH3 is 2. The summed E-state index contributed by atoms with van der Waals surface area (Å²) in [6.07, 6.45) is 11.9. The van der Waals surface area contributed by atoms with Crippen LogP contribution in [0.4, 0.5) is 36.4 Å². The molecule has 3 aliphatic rings. The fraction of sp³-hybridized carbons (Fsp3) is 0.459. The number of hydrogen-bond acceptors (Lipinski definition) is 16. The van der Waals surface area contributed by atoms with Gasteiger partial charge in [-0.3, -0.25) is 25.5 Å². The molecule has 0 amide bonds. The number of alkyl halides is 6. The largest absolute Gasteiger partial charge is 0.497 e. The molecule has 6 aromatic carbocycles. The maximum Gasteiger partial charge on any atom is 0.417 e. The third-order valence-corrected chi connectivity index (χ3v) is 22.9. The van der Waals surface area contributed by atoms with E-state index in [2.05, 4.69) is 216 Å². The third kappa shape index (κ3) is 30.2. The molecular formula is C98H131Cl2F7N19O3+. The highest BCUT2D eigenvalue weighted by Crippen LogP contribution is 2.43. The lowest BCUT2D eigenvalue weighted by Crippen LogP contribution is -2.44. The number of benzene rings is 6. The number of hydrogen-bond donors (Lipinski definition) is 5. The van der Waals surface area contributed by atoms with Gasteiger partial charge >= 0.3 is 12.4 Å². The van der Waals surface area contributed by atoms with Crippen LogP contribution in [0.1, 0.15) is 155 Å². The quantitative estimate of drug-likeness (QED) is 0.0188. The molecule has 31 heteroatoms. The lowest BCUT2D eigenvalue weighted by Gasteiger charge is -2.28. The van der Waals surface area contributed by atoms with Crippen molar-refractivity contribution in [3.63, 3.8) is 0 Å². The second-order valence-corrected chi connectivity index (χ2v) is 34.3. The molecule has 0 saturated carbocycles. The van der Waals surface area contributed by atoms with Crippen LogP contribution in [0.3, 0.4) is 0 Å². The Morgan fingerprint density at radius 3 is 1.34 bits per heavy atom. The molecule has 0 radical (unpaired) electrons. The van der Waals surface area contributed by atoms with Crippen LogP contribution in [0.25, 0.3) is 56.3 Å². The van der Waals surface area contributed by atoms with Gasteiger partial charge in [-0.05, 0) is 243 Å². The molecule has 2 saturated heterocycles. The van der Waals surface area contributed by atoms with Gasteiger partial charge in [-0.2, -0.15) is 51.8 Å². The van der Waals surface area contributed by atoms with Crippen molar-refractivity contribution in [1.82, 2.24) is 80.4 Å². The smallest absolute Gasteiger partial charge is 0.417 e. The van der Waals surface area contributed by atoms with E-state index in [1.54, 1.807) is 27.3 Å². The molecule has 3 aliphatic heterocycles. The molecule has 2 fully saturated rings. The first kappa shape index (κ1) is 103. The Morgan fingerprint density at radius 2 is 0.899 bits per heavy atom. The number of aryl methyl sites for hydroxylation is 2. The van der Waals surface area contributed by atoms with Crippen molar-refractivity contribution in [2.75, 3.05) is 134 Å². The van der Waals surface area contributed by atoms with Gasteiger partial charge in [0.05, 0.1) is 96.0 Å². The number of anilines is 1. The average Bonchev–Trinajstić information content (AvgIpc) is 1.76. The van der Waals surface area contributed by atoms with E-state index in [0.717, 1.165) is 172 Å². The number of rotatable bonds is 34. The first-order valence-electron chi connectivity index (χ1n) is 44.6. The second kappa shape index (κ2) is 50.9. The molecule has 14 rings (SSSR count). The zero-order valence-corrected chi connectivity index (χ0v) is 79.2. The van der Waals surface area contributed by atoms with Crippen LogP contribution < -0.4 is 14.4 Å². The zero-order chi connectivity index (χ0) is 93.3. The lowest BCUT2D eigenvalue weighted by molar-refractivity contribution is -0.594. The molecule has 1 atom stereocenters. The second-order valence-electron chi connectivity index (χ2n) is 33.5. The van der Waals surface area contributed by atoms with E-state index in [9.17, 15) is 30.7 Å². The number of nitrogens with one attached hydrogen (secondary N) is 5. The number of hydrazone groups is 1. The molecule has 0 bridgehead atoms. The highest BCUT2D eigenvalue weighted by Gasteiger charge is 2.42. The molecule has 5 N–H and O–H groups in total. The van der Waals surface area contributed by atoms with E-state index in [1.807, 2.05) is 85.3 Å². The van der Waals surface area contributed by atoms with Gasteiger partial charge in [0.15, 0.2) is 0 Å². The van der Waals surface area contributed by atoms with E-state index < -0.39 is 23.5 Å². The van der Waals surface area contributed by atoms with E-state index >= 15 is 0 Å². The van der Waals surface area contributed by atoms with Crippen LogP contribution in [0, 0.1) is 25.6 Å². The van der Waals surface area contributed by atoms with Crippen molar-refractivity contribution in [3.8, 4) is 67.8 Å². The van der Waals surface area contributed by atoms with Gasteiger partial charge in [-0.25, -0.2) is 4.39 Å². The first-order valence-corrected chi connectivity index (χ1v) is 45.3. The summed E-state index contributed by atoms with van der Waals surface area (Å²) in [5.41, 5.74) is 17.2. The van der Waals surface area contributed by atoms with E-state index in [0.29, 0.717) is 47.5 Å². The fourth-order valence-electron chi connectivity index (χ4n) is 16.1. The molecule has 0 aliphatic carbocycles. The Morgan fingerprint density at radius 1 is 0.465 bits per heavy atom. The Balaban J connectivity index is 0.000000175. The summed E-state index contributed by atoms with van der Waals surface area (Å²) in [5.74, 6) is 1.59. The highest BCUT2D eigenvalue weighted by molar-refractivity contribution is 6.36. The predicted molar refractivity (Wildman–Crippen MR) is 507 cm³/mol. The molecule has 1 unspecified atom stereocenters. The van der Waals surface area contributed by atoms with E-state index in [1.165, 1.54) is 103 Å². The Kier molecular flexibility index (Phi) is 40.5. The number of piperidine rings is 1. The Labute approximate surface area is 767 Å². The summed E-state index contributed by atoms with van der Waals surface area (Å²) < 4.78 is 110. The average molecular weight is 1830 g/mol. The zero-order valence-electron chi connectivity index (χ0n) is 77.7. The number of halogens is 9. The van der Waals surface area contributed by atoms with Gasteiger partial charge in [-0.15, -0.1) is 0 Å². The van der Waals surface area contributed by atoms with Crippen LogP contribution in [-0.2, 0) is 49.8 Å². The topological polar surface area (TPSA) is 209 Å². The first-order chi connectivity index (χ1) is 61.9. The van der Waals surface area contributed by atoms with Gasteiger partial charge in [0, 0.05) is 130 Å². The van der Waals surface area contributed by atoms with Gasteiger partial charge in [-0.1, -0.05) is 111 Å². The summed E-state index contributed by atoms with van der Waals surface area (Å²) in [7, 11) is 15.8. The molecule has 698 valence electrons. The number of nitrogens with zero attached hydrogens (tertiary/aromatic N) is 14. The van der Waals surface area contributed by atoms with Crippen molar-refractivity contribution in [2.45, 2.75) is 164 Å². The van der Waals surface area contributed by atoms with E-state index in [-0.39, 0.29) is 29.1 Å². The molecule has 22 nitrogen and oxygen atoms in total. The number of ether oxygens (including phenoxy) is 3. The van der Waals surface area contributed by atoms with Crippen molar-refractivity contribution in [1.29, 1.82) is 0 Å². The van der Waals surface area contributed by atoms with Crippen molar-refractivity contribution >= 4 is 40.8 Å². The van der Waals surface area contributed by atoms with Crippen molar-refractivity contribution < 1.29 is 49.6 Å². The SMILES string of the molecule is CCCN(C)CC1C=N[N+](C2COC2)=C1c1ccc(F)cc1.CCCN(C)Cc1cn[nH]c1-c1ccc(C(F)(F)F)cc1C(F)(F)F.CCCN(C)Cc1cn[nH]c1-c1ccc(C)cc1C.CCCN(C)Cc1cn[nH]c1-c1ccc(Cl)cc1Cl.CCCN(C)Cc1cn[nH]c1-c1ccc(N2CCCCC2)cc1.CCCN(C)Cc1cn[nH]c1-c1ccc(OC)cc1OC. The molecule has 5 aromatic heterocycles. The Bertz CT molecular complexity index is 5150. The summed E-state index contributed by atoms with van der Waals surface area (Å²) >= 11 is 12.2. The van der Waals surface area contributed by atoms with Crippen LogP contribution in [0.15, 0.2) is 157 Å². The molecular weight excluding hydrogens is 1700 g/mol. The summed E-state index contributed by atoms with van der Waals surface area (Å²) in [6, 6.07) is 35.5. The monoisotopic (exact) mass is 1820 g/mol. The van der Waals surface area contributed by atoms with Gasteiger partial charge in [0.1, 0.15) is 36.4 Å². The minimum absolute atomic E-state index is 0.0732. The number of aromatic nitrogens is 10. The number of aromatic amines is 5. The molecule has 0 spiro atoms. The van der Waals surface area contributed by atoms with Gasteiger partial charge in [0.25, 0.3) is 0 Å². The van der Waals surface area contributed by atoms with Crippen LogP contribution >= 0.6 is 23.2 Å². The molecule has 8 heterocycles. The number of H-pyrrole nitrogens is 5. The summed E-state index contributed by atoms with van der Waals surface area (Å²) in [5, 5.41) is 41.4. The summed E-state index contributed by atoms with van der Waals surface area (Å²) in [4.78, 5) is 15.9. The van der Waals surface area contributed by atoms with Crippen molar-refractivity contribution in [3.05, 3.63) is 224 Å². The van der Waals surface area contributed by atoms with Crippen molar-refractivity contribution in [2.24, 2.45) is 11.0 Å². The van der Waals surface area contributed by atoms with Crippen LogP contribution in [0.5, 0.6) is 11.5 Å². The highest BCUT2D eigenvalue weighted by atomic mass is 35.5. The van der Waals surface area contributed by atoms with E-state index in [4.69, 9.17) is 37.4 Å². The minimum atomic E-state index is -4.92. The molecule has 129 heavy (non-hydrogen) atoms. The van der Waals surface area contributed by atoms with Crippen LogP contribution in [-0.4, -0.2) is 232 Å². The standard InChI is InChI=1S/C19H28N4.C17H23FN3O.C16H17F6N3.C16H23N3O2.C16H23N3.C14H17Cl2N3/c1-3-11-22(2)15-17-14-20-21-19(17)16-7-9-18(10-8-16)23-12-5-4-6-13-23;1-3-8-20(2)10-14-9-19-21(16-11-22-12-16)17(14)13-4-6-15(18)7-5-13;1-3-6-25(2)9-10-8-23-24-14(10)12-5-4-11(15(17,18)19)7-13(12)16(20,21)22;1-5-8-19(2)11-12-10-17-18-16(12)14-7-6-13(20-3)9-15(14)21-4;1-5-8-19(4)11-14-10-17-18-16(14)15-7-6-12(2)9-13(15)3;1-3-6-19(2)9-10-8-17-18-14(10)12-5-4-11(15)7-13(12)16/h7-10,14H,3-6,11-13,15H2,1-2H3,(H,20,21);4-7,9,14,16H,3,8,10-12H2,1-2H3;4-5,7-8H,3,6,9H2,1-2H3,(H,23,24);6-7,9-10H,5,8,11H2,1-4H3,(H,17,18);6-7,9-10H,5,8,11H2,1-4H3,(H,17,18);4-5,7-8H,3,6,9H2,1-2H3,(H,17,18)/q;+1;;;;. The predicted octanol–water partition coefficient (Wildman–Crippen LogP) is 21.5. The maximum atomic E-state index is 13.3. The fourth-order valence-corrected chi connectivity index (χ4v) is 16.6. The maximum absolute atomic E-state index is 13.3. The minimum Gasteiger partial charge on any atom is -0.497 e. The third-order valence-electron chi connectivity index (χ3n) is 22.3. The van der Waals surface area contributed by atoms with Crippen LogP contribution in [0.2, 0.25) is 10.0 Å². The molecule has 11 aromatic rings. The van der Waals surface area contributed by atoms with Gasteiger partial charge in [0.2, 0.25) is 11.8 Å². The lowest BCUT2D eigenvalue weighted by atomic mass is 9.96. The van der Waals surface area contributed by atoms with Gasteiger partial charge < -0.3 is 48.5 Å². The normalized spacial score (nSPS) is 14.0. The Hall–Kier alpha value is -10.1.